The summed E-state index contributed by atoms with van der Waals surface area (Å²) in [7, 11) is 0.785. The molecule has 0 heterocycles. The second-order valence-electron chi connectivity index (χ2n) is 6.11. The van der Waals surface area contributed by atoms with E-state index in [1.165, 1.54) is 0 Å². The molecule has 2 rings (SSSR count). The zero-order valence-corrected chi connectivity index (χ0v) is 14.9. The van der Waals surface area contributed by atoms with Crippen LogP contribution in [0.5, 0.6) is 0 Å². The standard InChI is InChI=1S/C16H21F5O2Si/c1-4-24(22-2,23-3)10-7-5-9(6-8-10)11-12(17)14(19)16(21)15(20)13(11)18/h9-10H,4-8H2,1-3H3. The van der Waals surface area contributed by atoms with Gasteiger partial charge in [-0.2, -0.15) is 0 Å². The lowest BCUT2D eigenvalue weighted by Crippen LogP contribution is -2.45. The Kier molecular flexibility index (Phi) is 6.03. The van der Waals surface area contributed by atoms with Crippen molar-refractivity contribution in [1.82, 2.24) is 0 Å². The highest BCUT2D eigenvalue weighted by Crippen LogP contribution is 2.46. The normalized spacial score (nSPS) is 22.0. The molecule has 1 aliphatic rings. The van der Waals surface area contributed by atoms with Crippen molar-refractivity contribution >= 4 is 8.56 Å². The van der Waals surface area contributed by atoms with Gasteiger partial charge in [0.05, 0.1) is 0 Å². The SMILES string of the molecule is CC[Si](OC)(OC)C1CCC(c2c(F)c(F)c(F)c(F)c2F)CC1. The predicted octanol–water partition coefficient (Wildman–Crippen LogP) is 5.16. The van der Waals surface area contributed by atoms with Crippen LogP contribution in [0.25, 0.3) is 0 Å². The Balaban J connectivity index is 2.25. The van der Waals surface area contributed by atoms with Crippen LogP contribution >= 0.6 is 0 Å². The first-order chi connectivity index (χ1) is 11.3. The number of rotatable bonds is 5. The molecule has 1 aromatic rings. The highest BCUT2D eigenvalue weighted by molar-refractivity contribution is 6.68. The first-order valence-electron chi connectivity index (χ1n) is 7.94. The Hall–Kier alpha value is -0.993. The number of hydrogen-bond acceptors (Lipinski definition) is 2. The van der Waals surface area contributed by atoms with Gasteiger partial charge in [0.25, 0.3) is 0 Å². The first-order valence-corrected chi connectivity index (χ1v) is 10.0. The molecule has 2 nitrogen and oxygen atoms in total. The topological polar surface area (TPSA) is 18.5 Å². The van der Waals surface area contributed by atoms with Gasteiger partial charge in [0, 0.05) is 25.3 Å². The van der Waals surface area contributed by atoms with Crippen molar-refractivity contribution in [3.05, 3.63) is 34.6 Å². The fraction of sp³-hybridized carbons (Fsp3) is 0.625. The zero-order valence-electron chi connectivity index (χ0n) is 13.9. The van der Waals surface area contributed by atoms with Crippen LogP contribution in [0.2, 0.25) is 11.6 Å². The number of hydrogen-bond donors (Lipinski definition) is 0. The van der Waals surface area contributed by atoms with Gasteiger partial charge in [-0.1, -0.05) is 6.92 Å². The second kappa shape index (κ2) is 7.49. The summed E-state index contributed by atoms with van der Waals surface area (Å²) < 4.78 is 79.1. The second-order valence-corrected chi connectivity index (χ2v) is 10.1. The van der Waals surface area contributed by atoms with E-state index in [1.54, 1.807) is 14.2 Å². The van der Waals surface area contributed by atoms with Crippen LogP contribution in [0.3, 0.4) is 0 Å². The highest BCUT2D eigenvalue weighted by Gasteiger charge is 2.45. The average molecular weight is 368 g/mol. The third-order valence-corrected chi connectivity index (χ3v) is 9.37. The van der Waals surface area contributed by atoms with Gasteiger partial charge in [0.1, 0.15) is 0 Å². The maximum absolute atomic E-state index is 14.0. The molecule has 24 heavy (non-hydrogen) atoms. The van der Waals surface area contributed by atoms with Crippen LogP contribution in [0.4, 0.5) is 22.0 Å². The lowest BCUT2D eigenvalue weighted by atomic mass is 9.83. The first kappa shape index (κ1) is 19.3. The van der Waals surface area contributed by atoms with Crippen molar-refractivity contribution in [3.8, 4) is 0 Å². The Labute approximate surface area is 139 Å². The van der Waals surface area contributed by atoms with E-state index in [1.807, 2.05) is 6.92 Å². The summed E-state index contributed by atoms with van der Waals surface area (Å²) in [5.74, 6) is -9.99. The molecule has 1 aliphatic carbocycles. The highest BCUT2D eigenvalue weighted by atomic mass is 28.4. The zero-order chi connectivity index (χ0) is 18.1. The van der Waals surface area contributed by atoms with Crippen LogP contribution < -0.4 is 0 Å². The summed E-state index contributed by atoms with van der Waals surface area (Å²) in [6.45, 7) is 1.97. The molecular weight excluding hydrogens is 347 g/mol. The Bertz CT molecular complexity index is 561. The monoisotopic (exact) mass is 368 g/mol. The van der Waals surface area contributed by atoms with Crippen LogP contribution in [0.1, 0.15) is 44.1 Å². The molecule has 136 valence electrons. The van der Waals surface area contributed by atoms with Crippen molar-refractivity contribution in [2.45, 2.75) is 50.1 Å². The van der Waals surface area contributed by atoms with E-state index in [0.717, 1.165) is 6.04 Å². The van der Waals surface area contributed by atoms with Gasteiger partial charge in [-0.3, -0.25) is 0 Å². The number of benzene rings is 1. The van der Waals surface area contributed by atoms with E-state index in [9.17, 15) is 22.0 Å². The molecule has 8 heteroatoms. The van der Waals surface area contributed by atoms with Crippen LogP contribution in [-0.4, -0.2) is 22.8 Å². The van der Waals surface area contributed by atoms with Gasteiger partial charge in [-0.05, 0) is 37.6 Å². The third kappa shape index (κ3) is 3.11. The van der Waals surface area contributed by atoms with Crippen molar-refractivity contribution in [2.75, 3.05) is 14.2 Å². The van der Waals surface area contributed by atoms with Crippen LogP contribution in [-0.2, 0) is 8.85 Å². The predicted molar refractivity (Wildman–Crippen MR) is 81.4 cm³/mol. The van der Waals surface area contributed by atoms with Gasteiger partial charge in [-0.15, -0.1) is 0 Å². The number of halogens is 5. The van der Waals surface area contributed by atoms with Crippen molar-refractivity contribution in [1.29, 1.82) is 0 Å². The molecule has 1 fully saturated rings. The van der Waals surface area contributed by atoms with E-state index < -0.39 is 49.1 Å². The summed E-state index contributed by atoms with van der Waals surface area (Å²) in [5, 5.41) is 0. The molecule has 1 aromatic carbocycles. The molecular formula is C16H21F5O2Si. The molecule has 1 saturated carbocycles. The molecule has 0 radical (unpaired) electrons. The lowest BCUT2D eigenvalue weighted by Gasteiger charge is -2.39. The van der Waals surface area contributed by atoms with Crippen molar-refractivity contribution < 1.29 is 30.8 Å². The fourth-order valence-electron chi connectivity index (χ4n) is 3.80. The minimum Gasteiger partial charge on any atom is -0.397 e. The van der Waals surface area contributed by atoms with Crippen molar-refractivity contribution in [3.63, 3.8) is 0 Å². The average Bonchev–Trinajstić information content (AvgIpc) is 2.61. The van der Waals surface area contributed by atoms with E-state index in [2.05, 4.69) is 0 Å². The largest absolute Gasteiger partial charge is 0.397 e. The molecule has 0 bridgehead atoms. The summed E-state index contributed by atoms with van der Waals surface area (Å²) >= 11 is 0. The fourth-order valence-corrected chi connectivity index (χ4v) is 7.00. The molecule has 0 aromatic heterocycles. The Morgan fingerprint density at radius 1 is 0.792 bits per heavy atom. The Morgan fingerprint density at radius 3 is 1.58 bits per heavy atom. The minimum absolute atomic E-state index is 0.134. The van der Waals surface area contributed by atoms with Crippen LogP contribution in [0, 0.1) is 29.1 Å². The smallest absolute Gasteiger partial charge is 0.340 e. The Morgan fingerprint density at radius 2 is 1.21 bits per heavy atom. The summed E-state index contributed by atoms with van der Waals surface area (Å²) in [4.78, 5) is 0. The van der Waals surface area contributed by atoms with Gasteiger partial charge < -0.3 is 8.85 Å². The molecule has 0 saturated heterocycles. The van der Waals surface area contributed by atoms with Gasteiger partial charge in [0.2, 0.25) is 5.82 Å². The minimum atomic E-state index is -2.40. The summed E-state index contributed by atoms with van der Waals surface area (Å²) in [5.41, 5.74) is -0.557. The van der Waals surface area contributed by atoms with E-state index in [4.69, 9.17) is 8.85 Å². The summed E-state index contributed by atoms with van der Waals surface area (Å²) in [6, 6.07) is 0.734. The molecule has 0 atom stereocenters. The maximum atomic E-state index is 14.0. The van der Waals surface area contributed by atoms with Gasteiger partial charge in [0.15, 0.2) is 23.3 Å². The van der Waals surface area contributed by atoms with Crippen LogP contribution in [0.15, 0.2) is 0 Å². The van der Waals surface area contributed by atoms with Gasteiger partial charge in [-0.25, -0.2) is 22.0 Å². The van der Waals surface area contributed by atoms with E-state index in [0.29, 0.717) is 25.7 Å². The van der Waals surface area contributed by atoms with Gasteiger partial charge >= 0.3 is 8.56 Å². The van der Waals surface area contributed by atoms with E-state index in [-0.39, 0.29) is 5.54 Å². The lowest BCUT2D eigenvalue weighted by molar-refractivity contribution is 0.214. The molecule has 0 unspecified atom stereocenters. The quantitative estimate of drug-likeness (QED) is 0.309. The third-order valence-electron chi connectivity index (χ3n) is 5.19. The maximum Gasteiger partial charge on any atom is 0.340 e. The molecule has 0 amide bonds. The van der Waals surface area contributed by atoms with E-state index >= 15 is 0 Å². The molecule has 0 aliphatic heterocycles. The molecule has 0 spiro atoms. The van der Waals surface area contributed by atoms with Crippen molar-refractivity contribution in [2.24, 2.45) is 0 Å². The molecule has 0 N–H and O–H groups in total. The summed E-state index contributed by atoms with van der Waals surface area (Å²) in [6.07, 6.45) is 1.83.